The Bertz CT molecular complexity index is 544. The molecule has 7 heteroatoms. The zero-order chi connectivity index (χ0) is 13.9. The molecule has 0 unspecified atom stereocenters. The smallest absolute Gasteiger partial charge is 0.322 e. The van der Waals surface area contributed by atoms with Crippen molar-refractivity contribution >= 4 is 16.0 Å². The zero-order valence-electron chi connectivity index (χ0n) is 10.4. The van der Waals surface area contributed by atoms with Gasteiger partial charge in [-0.3, -0.25) is 9.78 Å². The van der Waals surface area contributed by atoms with E-state index in [9.17, 15) is 13.2 Å². The molecule has 0 spiro atoms. The highest BCUT2D eigenvalue weighted by molar-refractivity contribution is 7.89. The summed E-state index contributed by atoms with van der Waals surface area (Å²) in [5.41, 5.74) is 0.879. The summed E-state index contributed by atoms with van der Waals surface area (Å²) >= 11 is 0. The SMILES string of the molecule is O=C(O)[C@H]1CCCN1S(=O)(=O)CCc1ccncc1. The summed E-state index contributed by atoms with van der Waals surface area (Å²) in [6.45, 7) is 0.301. The molecular formula is C12H16N2O4S. The van der Waals surface area contributed by atoms with Gasteiger partial charge in [-0.1, -0.05) is 0 Å². The number of hydrogen-bond donors (Lipinski definition) is 1. The highest BCUT2D eigenvalue weighted by Crippen LogP contribution is 2.22. The Balaban J connectivity index is 2.04. The molecule has 2 heterocycles. The van der Waals surface area contributed by atoms with Gasteiger partial charge in [0.25, 0.3) is 0 Å². The first-order valence-corrected chi connectivity index (χ1v) is 7.73. The van der Waals surface area contributed by atoms with Crippen LogP contribution < -0.4 is 0 Å². The minimum absolute atomic E-state index is 0.0687. The van der Waals surface area contributed by atoms with Gasteiger partial charge in [0.05, 0.1) is 5.75 Å². The molecule has 0 bridgehead atoms. The van der Waals surface area contributed by atoms with Crippen LogP contribution in [0.2, 0.25) is 0 Å². The maximum atomic E-state index is 12.2. The maximum absolute atomic E-state index is 12.2. The molecule has 1 aliphatic rings. The third-order valence-electron chi connectivity index (χ3n) is 3.24. The number of pyridine rings is 1. The standard InChI is InChI=1S/C12H16N2O4S/c15-12(16)11-2-1-8-14(11)19(17,18)9-5-10-3-6-13-7-4-10/h3-4,6-7,11H,1-2,5,8-9H2,(H,15,16)/t11-/m1/s1. The number of hydrogen-bond acceptors (Lipinski definition) is 4. The minimum atomic E-state index is -3.52. The lowest BCUT2D eigenvalue weighted by Crippen LogP contribution is -2.41. The van der Waals surface area contributed by atoms with Crippen LogP contribution >= 0.6 is 0 Å². The quantitative estimate of drug-likeness (QED) is 0.851. The first-order chi connectivity index (χ1) is 9.00. The topological polar surface area (TPSA) is 87.6 Å². The van der Waals surface area contributed by atoms with E-state index in [1.54, 1.807) is 24.5 Å². The van der Waals surface area contributed by atoms with Gasteiger partial charge >= 0.3 is 5.97 Å². The fourth-order valence-corrected chi connectivity index (χ4v) is 3.95. The number of aromatic nitrogens is 1. The number of carboxylic acids is 1. The van der Waals surface area contributed by atoms with Gasteiger partial charge in [-0.15, -0.1) is 0 Å². The summed E-state index contributed by atoms with van der Waals surface area (Å²) in [5.74, 6) is -1.13. The van der Waals surface area contributed by atoms with Gasteiger partial charge in [-0.25, -0.2) is 8.42 Å². The molecule has 1 aromatic heterocycles. The zero-order valence-corrected chi connectivity index (χ0v) is 11.2. The van der Waals surface area contributed by atoms with Crippen molar-refractivity contribution in [2.75, 3.05) is 12.3 Å². The Labute approximate surface area is 112 Å². The predicted molar refractivity (Wildman–Crippen MR) is 69.1 cm³/mol. The predicted octanol–water partition coefficient (Wildman–Crippen LogP) is 0.503. The Morgan fingerprint density at radius 2 is 2.11 bits per heavy atom. The monoisotopic (exact) mass is 284 g/mol. The number of sulfonamides is 1. The van der Waals surface area contributed by atoms with Gasteiger partial charge in [0.1, 0.15) is 6.04 Å². The van der Waals surface area contributed by atoms with Crippen LogP contribution in [0.5, 0.6) is 0 Å². The lowest BCUT2D eigenvalue weighted by molar-refractivity contribution is -0.140. The molecule has 0 amide bonds. The van der Waals surface area contributed by atoms with Gasteiger partial charge in [0, 0.05) is 18.9 Å². The summed E-state index contributed by atoms with van der Waals surface area (Å²) in [6.07, 6.45) is 4.58. The second-order valence-electron chi connectivity index (χ2n) is 4.53. The highest BCUT2D eigenvalue weighted by atomic mass is 32.2. The molecule has 0 aromatic carbocycles. The molecule has 0 radical (unpaired) electrons. The van der Waals surface area contributed by atoms with Crippen LogP contribution in [0.15, 0.2) is 24.5 Å². The van der Waals surface area contributed by atoms with Crippen molar-refractivity contribution in [2.24, 2.45) is 0 Å². The molecule has 1 fully saturated rings. The average molecular weight is 284 g/mol. The highest BCUT2D eigenvalue weighted by Gasteiger charge is 2.38. The number of carboxylic acid groups (broad SMARTS) is 1. The summed E-state index contributed by atoms with van der Waals surface area (Å²) in [4.78, 5) is 14.9. The van der Waals surface area contributed by atoms with E-state index in [4.69, 9.17) is 5.11 Å². The first kappa shape index (κ1) is 14.0. The van der Waals surface area contributed by atoms with Crippen molar-refractivity contribution in [2.45, 2.75) is 25.3 Å². The van der Waals surface area contributed by atoms with Crippen LogP contribution in [0.25, 0.3) is 0 Å². The fraction of sp³-hybridized carbons (Fsp3) is 0.500. The Kier molecular flexibility index (Phi) is 4.16. The summed E-state index contributed by atoms with van der Waals surface area (Å²) in [5, 5.41) is 9.02. The second-order valence-corrected chi connectivity index (χ2v) is 6.57. The van der Waals surface area contributed by atoms with E-state index in [1.165, 1.54) is 0 Å². The minimum Gasteiger partial charge on any atom is -0.480 e. The molecule has 1 N–H and O–H groups in total. The third kappa shape index (κ3) is 3.30. The van der Waals surface area contributed by atoms with E-state index in [0.717, 1.165) is 9.87 Å². The molecule has 1 aromatic rings. The van der Waals surface area contributed by atoms with Crippen molar-refractivity contribution in [3.05, 3.63) is 30.1 Å². The van der Waals surface area contributed by atoms with Crippen molar-refractivity contribution in [1.29, 1.82) is 0 Å². The number of carbonyl (C=O) groups is 1. The summed E-state index contributed by atoms with van der Waals surface area (Å²) in [6, 6.07) is 2.62. The number of aryl methyl sites for hydroxylation is 1. The van der Waals surface area contributed by atoms with Gasteiger partial charge < -0.3 is 5.11 Å². The third-order valence-corrected chi connectivity index (χ3v) is 5.12. The molecule has 0 saturated carbocycles. The van der Waals surface area contributed by atoms with Crippen molar-refractivity contribution in [1.82, 2.24) is 9.29 Å². The van der Waals surface area contributed by atoms with Crippen LogP contribution in [-0.2, 0) is 21.2 Å². The van der Waals surface area contributed by atoms with Crippen LogP contribution in [0.4, 0.5) is 0 Å². The van der Waals surface area contributed by atoms with Crippen LogP contribution in [0.3, 0.4) is 0 Å². The van der Waals surface area contributed by atoms with Crippen molar-refractivity contribution < 1.29 is 18.3 Å². The van der Waals surface area contributed by atoms with Crippen LogP contribution in [0.1, 0.15) is 18.4 Å². The van der Waals surface area contributed by atoms with E-state index < -0.39 is 22.0 Å². The number of aliphatic carboxylic acids is 1. The molecule has 19 heavy (non-hydrogen) atoms. The molecule has 2 rings (SSSR count). The maximum Gasteiger partial charge on any atom is 0.322 e. The summed E-state index contributed by atoms with van der Waals surface area (Å²) < 4.78 is 25.5. The van der Waals surface area contributed by atoms with Gasteiger partial charge in [-0.05, 0) is 37.0 Å². The molecule has 1 atom stereocenters. The lowest BCUT2D eigenvalue weighted by Gasteiger charge is -2.20. The Hall–Kier alpha value is -1.47. The molecule has 6 nitrogen and oxygen atoms in total. The lowest BCUT2D eigenvalue weighted by atomic mass is 10.2. The molecule has 1 aliphatic heterocycles. The van der Waals surface area contributed by atoms with Crippen molar-refractivity contribution in [3.8, 4) is 0 Å². The van der Waals surface area contributed by atoms with E-state index in [0.29, 0.717) is 25.8 Å². The normalized spacial score (nSPS) is 20.5. The first-order valence-electron chi connectivity index (χ1n) is 6.12. The molecule has 1 saturated heterocycles. The van der Waals surface area contributed by atoms with E-state index >= 15 is 0 Å². The van der Waals surface area contributed by atoms with E-state index in [-0.39, 0.29) is 5.75 Å². The van der Waals surface area contributed by atoms with E-state index in [2.05, 4.69) is 4.98 Å². The van der Waals surface area contributed by atoms with Crippen LogP contribution in [-0.4, -0.2) is 47.1 Å². The number of nitrogens with zero attached hydrogens (tertiary/aromatic N) is 2. The number of rotatable bonds is 5. The van der Waals surface area contributed by atoms with Gasteiger partial charge in [0.15, 0.2) is 0 Å². The Morgan fingerprint density at radius 1 is 1.42 bits per heavy atom. The molecule has 104 valence electrons. The summed E-state index contributed by atoms with van der Waals surface area (Å²) in [7, 11) is -3.52. The second kappa shape index (κ2) is 5.66. The molecular weight excluding hydrogens is 268 g/mol. The average Bonchev–Trinajstić information content (AvgIpc) is 2.88. The Morgan fingerprint density at radius 3 is 2.74 bits per heavy atom. The molecule has 0 aliphatic carbocycles. The van der Waals surface area contributed by atoms with E-state index in [1.807, 2.05) is 0 Å². The van der Waals surface area contributed by atoms with Crippen molar-refractivity contribution in [3.63, 3.8) is 0 Å². The fourth-order valence-electron chi connectivity index (χ4n) is 2.23. The van der Waals surface area contributed by atoms with Gasteiger partial charge in [0.2, 0.25) is 10.0 Å². The van der Waals surface area contributed by atoms with Crippen LogP contribution in [0, 0.1) is 0 Å². The largest absolute Gasteiger partial charge is 0.480 e. The van der Waals surface area contributed by atoms with Gasteiger partial charge in [-0.2, -0.15) is 4.31 Å².